The van der Waals surface area contributed by atoms with Gasteiger partial charge in [-0.1, -0.05) is 23.3 Å². The molecule has 4 aromatic rings. The Labute approximate surface area is 209 Å². The van der Waals surface area contributed by atoms with Gasteiger partial charge in [-0.05, 0) is 67.1 Å². The van der Waals surface area contributed by atoms with Crippen LogP contribution in [0.25, 0.3) is 0 Å². The number of esters is 1. The number of benzene rings is 2. The van der Waals surface area contributed by atoms with E-state index in [0.29, 0.717) is 16.3 Å². The van der Waals surface area contributed by atoms with Crippen LogP contribution in [0.2, 0.25) is 0 Å². The van der Waals surface area contributed by atoms with Crippen molar-refractivity contribution in [1.82, 2.24) is 40.6 Å². The molecule has 0 bridgehead atoms. The van der Waals surface area contributed by atoms with Crippen LogP contribution in [0.5, 0.6) is 0 Å². The summed E-state index contributed by atoms with van der Waals surface area (Å²) in [4.78, 5) is 42.6. The minimum atomic E-state index is -1.17. The van der Waals surface area contributed by atoms with E-state index in [4.69, 9.17) is 14.7 Å². The summed E-state index contributed by atoms with van der Waals surface area (Å²) in [5, 5.41) is 32.7. The maximum absolute atomic E-state index is 12.3. The predicted octanol–water partition coefficient (Wildman–Crippen LogP) is 1.22. The number of carbonyl (C=O) groups is 3. The Balaban J connectivity index is 1.36. The molecule has 0 spiro atoms. The van der Waals surface area contributed by atoms with Crippen molar-refractivity contribution in [3.05, 3.63) is 82.4 Å². The van der Waals surface area contributed by atoms with Gasteiger partial charge in [0.25, 0.3) is 0 Å². The average molecular weight is 506 g/mol. The molecular weight excluding hydrogens is 484 g/mol. The molecule has 2 heterocycles. The third kappa shape index (κ3) is 6.78. The van der Waals surface area contributed by atoms with Gasteiger partial charge in [0.05, 0.1) is 29.7 Å². The van der Waals surface area contributed by atoms with E-state index < -0.39 is 23.5 Å². The summed E-state index contributed by atoms with van der Waals surface area (Å²) >= 11 is 0. The Morgan fingerprint density at radius 3 is 2.24 bits per heavy atom. The van der Waals surface area contributed by atoms with Crippen molar-refractivity contribution in [2.75, 3.05) is 0 Å². The van der Waals surface area contributed by atoms with E-state index >= 15 is 0 Å². The van der Waals surface area contributed by atoms with Crippen LogP contribution in [-0.2, 0) is 17.7 Å². The van der Waals surface area contributed by atoms with E-state index in [9.17, 15) is 14.4 Å². The molecule has 0 saturated heterocycles. The molecule has 2 aromatic heterocycles. The van der Waals surface area contributed by atoms with Crippen molar-refractivity contribution >= 4 is 17.9 Å². The fourth-order valence-electron chi connectivity index (χ4n) is 3.10. The molecule has 14 nitrogen and oxygen atoms in total. The lowest BCUT2D eigenvalue weighted by Gasteiger charge is -2.19. The van der Waals surface area contributed by atoms with E-state index in [1.54, 1.807) is 39.0 Å². The highest BCUT2D eigenvalue weighted by molar-refractivity contribution is 5.94. The van der Waals surface area contributed by atoms with Gasteiger partial charge in [-0.3, -0.25) is 4.84 Å². The predicted molar refractivity (Wildman–Crippen MR) is 123 cm³/mol. The fourth-order valence-corrected chi connectivity index (χ4v) is 3.10. The van der Waals surface area contributed by atoms with Crippen LogP contribution in [0.1, 0.15) is 69.1 Å². The molecule has 0 radical (unpaired) electrons. The van der Waals surface area contributed by atoms with E-state index in [1.807, 2.05) is 6.07 Å². The lowest BCUT2D eigenvalue weighted by atomic mass is 10.1. The van der Waals surface area contributed by atoms with E-state index in [2.05, 4.69) is 30.8 Å². The maximum atomic E-state index is 12.3. The van der Waals surface area contributed by atoms with Gasteiger partial charge >= 0.3 is 17.9 Å². The lowest BCUT2D eigenvalue weighted by molar-refractivity contribution is 0.00686. The van der Waals surface area contributed by atoms with Crippen LogP contribution in [0.3, 0.4) is 0 Å². The highest BCUT2D eigenvalue weighted by Gasteiger charge is 2.19. The summed E-state index contributed by atoms with van der Waals surface area (Å²) in [5.74, 6) is -2.00. The van der Waals surface area contributed by atoms with Crippen LogP contribution >= 0.6 is 0 Å². The van der Waals surface area contributed by atoms with E-state index in [1.165, 1.54) is 29.1 Å². The Morgan fingerprint density at radius 2 is 1.51 bits per heavy atom. The van der Waals surface area contributed by atoms with Crippen LogP contribution in [0.4, 0.5) is 0 Å². The molecule has 37 heavy (non-hydrogen) atoms. The molecule has 0 unspecified atom stereocenters. The number of ether oxygens (including phenoxy) is 1. The normalized spacial score (nSPS) is 11.2. The zero-order valence-electron chi connectivity index (χ0n) is 20.1. The number of carboxylic acids is 1. The van der Waals surface area contributed by atoms with Crippen LogP contribution in [-0.4, -0.2) is 69.2 Å². The molecule has 0 aliphatic carbocycles. The first-order chi connectivity index (χ1) is 17.6. The second-order valence-electron chi connectivity index (χ2n) is 8.84. The van der Waals surface area contributed by atoms with Crippen molar-refractivity contribution in [3.8, 4) is 0 Å². The zero-order chi connectivity index (χ0) is 26.6. The quantitative estimate of drug-likeness (QED) is 0.267. The summed E-state index contributed by atoms with van der Waals surface area (Å²) in [6.45, 7) is 5.66. The first kappa shape index (κ1) is 25.1. The molecular formula is C23H22N8O6. The maximum Gasteiger partial charge on any atom is 0.367 e. The van der Waals surface area contributed by atoms with Gasteiger partial charge in [-0.2, -0.15) is 4.80 Å². The number of aromatic nitrogens is 8. The molecule has 4 rings (SSSR count). The number of aromatic carboxylic acids is 1. The highest BCUT2D eigenvalue weighted by Crippen LogP contribution is 2.14. The second-order valence-corrected chi connectivity index (χ2v) is 8.84. The Bertz CT molecular complexity index is 1460. The Morgan fingerprint density at radius 1 is 0.865 bits per heavy atom. The number of tetrazole rings is 2. The molecule has 0 amide bonds. The van der Waals surface area contributed by atoms with Crippen LogP contribution in [0.15, 0.2) is 48.5 Å². The number of hydrogen-bond acceptors (Lipinski definition) is 11. The molecule has 14 heteroatoms. The summed E-state index contributed by atoms with van der Waals surface area (Å²) in [7, 11) is 0. The Kier molecular flexibility index (Phi) is 6.99. The minimum absolute atomic E-state index is 0.0131. The highest BCUT2D eigenvalue weighted by atomic mass is 16.7. The van der Waals surface area contributed by atoms with Gasteiger partial charge in [0.15, 0.2) is 11.6 Å². The minimum Gasteiger partial charge on any atom is -0.478 e. The first-order valence-corrected chi connectivity index (χ1v) is 11.0. The fraction of sp³-hybridized carbons (Fsp3) is 0.261. The van der Waals surface area contributed by atoms with Gasteiger partial charge < -0.3 is 9.84 Å². The van der Waals surface area contributed by atoms with Crippen molar-refractivity contribution < 1.29 is 29.1 Å². The average Bonchev–Trinajstić information content (AvgIpc) is 3.47. The van der Waals surface area contributed by atoms with Crippen molar-refractivity contribution in [2.45, 2.75) is 39.3 Å². The lowest BCUT2D eigenvalue weighted by Crippen LogP contribution is -2.24. The third-order valence-corrected chi connectivity index (χ3v) is 4.64. The SMILES string of the molecule is CC(C)(C)OC(=O)c1cccc(Cn2nnc(Cc3nnn(OC(=O)c4cccc(C(=O)O)c4)n3)n2)c1. The third-order valence-electron chi connectivity index (χ3n) is 4.64. The van der Waals surface area contributed by atoms with Gasteiger partial charge in [0.1, 0.15) is 5.60 Å². The topological polar surface area (TPSA) is 177 Å². The molecule has 0 saturated carbocycles. The molecule has 0 fully saturated rings. The summed E-state index contributed by atoms with van der Waals surface area (Å²) in [6, 6.07) is 12.3. The second kappa shape index (κ2) is 10.3. The Hall–Kier alpha value is -5.01. The van der Waals surface area contributed by atoms with Crippen molar-refractivity contribution in [3.63, 3.8) is 0 Å². The van der Waals surface area contributed by atoms with Gasteiger partial charge in [-0.25, -0.2) is 14.4 Å². The number of rotatable bonds is 8. The van der Waals surface area contributed by atoms with Gasteiger partial charge in [-0.15, -0.1) is 15.3 Å². The van der Waals surface area contributed by atoms with Crippen molar-refractivity contribution in [2.24, 2.45) is 0 Å². The van der Waals surface area contributed by atoms with Crippen molar-refractivity contribution in [1.29, 1.82) is 0 Å². The van der Waals surface area contributed by atoms with E-state index in [0.717, 1.165) is 5.56 Å². The summed E-state index contributed by atoms with van der Waals surface area (Å²) < 4.78 is 5.40. The standard InChI is InChI=1S/C23H22N8O6/c1-23(2,3)36-21(34)16-8-4-6-14(10-16)13-30-26-18(24-28-30)12-19-25-29-31(27-19)37-22(35)17-9-5-7-15(11-17)20(32)33/h4-11H,12-13H2,1-3H3,(H,32,33). The van der Waals surface area contributed by atoms with Gasteiger partial charge in [0.2, 0.25) is 0 Å². The molecule has 2 aromatic carbocycles. The molecule has 0 atom stereocenters. The number of carboxylic acid groups (broad SMARTS) is 1. The van der Waals surface area contributed by atoms with Gasteiger partial charge in [0, 0.05) is 4.96 Å². The summed E-state index contributed by atoms with van der Waals surface area (Å²) in [5.41, 5.74) is 0.536. The molecule has 190 valence electrons. The number of nitrogens with zero attached hydrogens (tertiary/aromatic N) is 8. The summed E-state index contributed by atoms with van der Waals surface area (Å²) in [6.07, 6.45) is 0.0595. The monoisotopic (exact) mass is 506 g/mol. The van der Waals surface area contributed by atoms with E-state index in [-0.39, 0.29) is 29.9 Å². The molecule has 0 aliphatic heterocycles. The molecule has 0 aliphatic rings. The zero-order valence-corrected chi connectivity index (χ0v) is 20.1. The largest absolute Gasteiger partial charge is 0.478 e. The number of carbonyl (C=O) groups excluding carboxylic acids is 2. The first-order valence-electron chi connectivity index (χ1n) is 11.0. The smallest absolute Gasteiger partial charge is 0.367 e. The van der Waals surface area contributed by atoms with Crippen LogP contribution < -0.4 is 4.84 Å². The van der Waals surface area contributed by atoms with Crippen LogP contribution in [0, 0.1) is 0 Å². The molecule has 1 N–H and O–H groups in total. The number of hydrogen-bond donors (Lipinski definition) is 1.